The molecule has 0 fully saturated rings. The lowest BCUT2D eigenvalue weighted by Gasteiger charge is -2.03. The second-order valence-electron chi connectivity index (χ2n) is 4.26. The summed E-state index contributed by atoms with van der Waals surface area (Å²) in [5.41, 5.74) is 3.48. The Kier molecular flexibility index (Phi) is 2.52. The third kappa shape index (κ3) is 1.85. The molecule has 5 heteroatoms. The number of pyridine rings is 1. The fourth-order valence-electron chi connectivity index (χ4n) is 2.08. The highest BCUT2D eigenvalue weighted by Gasteiger charge is 2.10. The van der Waals surface area contributed by atoms with Crippen LogP contribution in [0.2, 0.25) is 0 Å². The topological polar surface area (TPSA) is 68.0 Å². The van der Waals surface area contributed by atoms with Gasteiger partial charge in [0.2, 0.25) is 0 Å². The van der Waals surface area contributed by atoms with Crippen LogP contribution in [0.15, 0.2) is 42.9 Å². The number of aromatic carboxylic acids is 1. The van der Waals surface area contributed by atoms with Gasteiger partial charge in [0.05, 0.1) is 28.6 Å². The number of imidazole rings is 1. The van der Waals surface area contributed by atoms with E-state index in [0.29, 0.717) is 5.69 Å². The van der Waals surface area contributed by atoms with Crippen molar-refractivity contribution in [3.05, 3.63) is 48.4 Å². The number of para-hydroxylation sites is 1. The molecule has 2 aromatic heterocycles. The largest absolute Gasteiger partial charge is 0.478 e. The maximum atomic E-state index is 11.0. The molecule has 1 aromatic carbocycles. The van der Waals surface area contributed by atoms with E-state index in [1.54, 1.807) is 12.4 Å². The Hall–Kier alpha value is -2.69. The average Bonchev–Trinajstić information content (AvgIpc) is 2.81. The van der Waals surface area contributed by atoms with E-state index in [0.717, 1.165) is 16.6 Å². The molecule has 2 heterocycles. The SMILES string of the molecule is Cn1cnc2c(-c3cc(C(=O)O)ccn3)cccc21. The number of rotatable bonds is 2. The predicted octanol–water partition coefficient (Wildman–Crippen LogP) is 2.33. The Labute approximate surface area is 109 Å². The number of aromatic nitrogens is 3. The molecule has 0 aliphatic heterocycles. The number of carboxylic acids is 1. The summed E-state index contributed by atoms with van der Waals surface area (Å²) in [6.07, 6.45) is 3.23. The van der Waals surface area contributed by atoms with E-state index in [4.69, 9.17) is 5.11 Å². The van der Waals surface area contributed by atoms with Crippen LogP contribution in [0.5, 0.6) is 0 Å². The molecule has 19 heavy (non-hydrogen) atoms. The van der Waals surface area contributed by atoms with Gasteiger partial charge < -0.3 is 9.67 Å². The molecule has 5 nitrogen and oxygen atoms in total. The molecule has 1 N–H and O–H groups in total. The van der Waals surface area contributed by atoms with Crippen LogP contribution >= 0.6 is 0 Å². The van der Waals surface area contributed by atoms with Gasteiger partial charge in [0.25, 0.3) is 0 Å². The predicted molar refractivity (Wildman–Crippen MR) is 70.9 cm³/mol. The summed E-state index contributed by atoms with van der Waals surface area (Å²) >= 11 is 0. The van der Waals surface area contributed by atoms with Gasteiger partial charge in [-0.3, -0.25) is 4.98 Å². The molecule has 0 amide bonds. The lowest BCUT2D eigenvalue weighted by atomic mass is 10.1. The van der Waals surface area contributed by atoms with E-state index < -0.39 is 5.97 Å². The summed E-state index contributed by atoms with van der Waals surface area (Å²) in [6, 6.07) is 8.81. The molecule has 0 aliphatic carbocycles. The van der Waals surface area contributed by atoms with Crippen LogP contribution in [-0.2, 0) is 7.05 Å². The molecule has 0 spiro atoms. The molecule has 94 valence electrons. The van der Waals surface area contributed by atoms with Crippen molar-refractivity contribution in [1.29, 1.82) is 0 Å². The van der Waals surface area contributed by atoms with E-state index in [1.807, 2.05) is 29.8 Å². The van der Waals surface area contributed by atoms with E-state index in [1.165, 1.54) is 12.3 Å². The van der Waals surface area contributed by atoms with Gasteiger partial charge in [-0.15, -0.1) is 0 Å². The van der Waals surface area contributed by atoms with E-state index in [2.05, 4.69) is 9.97 Å². The number of carbonyl (C=O) groups is 1. The quantitative estimate of drug-likeness (QED) is 0.761. The Bertz CT molecular complexity index is 777. The molecular weight excluding hydrogens is 242 g/mol. The summed E-state index contributed by atoms with van der Waals surface area (Å²) in [4.78, 5) is 19.6. The summed E-state index contributed by atoms with van der Waals surface area (Å²) < 4.78 is 1.92. The van der Waals surface area contributed by atoms with Gasteiger partial charge in [-0.05, 0) is 18.2 Å². The summed E-state index contributed by atoms with van der Waals surface area (Å²) in [5, 5.41) is 9.03. The van der Waals surface area contributed by atoms with Gasteiger partial charge in [0, 0.05) is 18.8 Å². The smallest absolute Gasteiger partial charge is 0.335 e. The van der Waals surface area contributed by atoms with Crippen molar-refractivity contribution in [3.8, 4) is 11.3 Å². The first kappa shape index (κ1) is 11.4. The molecule has 0 aliphatic rings. The molecule has 0 radical (unpaired) electrons. The normalized spacial score (nSPS) is 10.8. The van der Waals surface area contributed by atoms with Gasteiger partial charge in [0.15, 0.2) is 0 Å². The Morgan fingerprint density at radius 2 is 2.11 bits per heavy atom. The van der Waals surface area contributed by atoms with Crippen molar-refractivity contribution >= 4 is 17.0 Å². The van der Waals surface area contributed by atoms with Crippen molar-refractivity contribution in [2.75, 3.05) is 0 Å². The number of hydrogen-bond donors (Lipinski definition) is 1. The van der Waals surface area contributed by atoms with Crippen LogP contribution in [0.4, 0.5) is 0 Å². The van der Waals surface area contributed by atoms with E-state index in [9.17, 15) is 4.79 Å². The second-order valence-corrected chi connectivity index (χ2v) is 4.26. The summed E-state index contributed by atoms with van der Waals surface area (Å²) in [7, 11) is 1.92. The van der Waals surface area contributed by atoms with Crippen LogP contribution in [0, 0.1) is 0 Å². The van der Waals surface area contributed by atoms with Crippen molar-refractivity contribution in [2.45, 2.75) is 0 Å². The maximum Gasteiger partial charge on any atom is 0.335 e. The third-order valence-electron chi connectivity index (χ3n) is 3.04. The number of fused-ring (bicyclic) bond motifs is 1. The zero-order valence-corrected chi connectivity index (χ0v) is 10.2. The number of nitrogens with zero attached hydrogens (tertiary/aromatic N) is 3. The molecule has 3 rings (SSSR count). The molecule has 0 saturated heterocycles. The van der Waals surface area contributed by atoms with Crippen LogP contribution in [-0.4, -0.2) is 25.6 Å². The zero-order chi connectivity index (χ0) is 13.4. The molecule has 0 bridgehead atoms. The van der Waals surface area contributed by atoms with Gasteiger partial charge in [-0.25, -0.2) is 9.78 Å². The second kappa shape index (κ2) is 4.20. The van der Waals surface area contributed by atoms with Crippen LogP contribution in [0.1, 0.15) is 10.4 Å². The maximum absolute atomic E-state index is 11.0. The Morgan fingerprint density at radius 1 is 1.26 bits per heavy atom. The van der Waals surface area contributed by atoms with Gasteiger partial charge in [-0.2, -0.15) is 0 Å². The number of carboxylic acid groups (broad SMARTS) is 1. The Balaban J connectivity index is 2.24. The molecule has 0 unspecified atom stereocenters. The van der Waals surface area contributed by atoms with Crippen molar-refractivity contribution < 1.29 is 9.90 Å². The van der Waals surface area contributed by atoms with Crippen LogP contribution in [0.25, 0.3) is 22.3 Å². The first-order valence-corrected chi connectivity index (χ1v) is 5.76. The summed E-state index contributed by atoms with van der Waals surface area (Å²) in [6.45, 7) is 0. The number of benzene rings is 1. The molecule has 0 saturated carbocycles. The van der Waals surface area contributed by atoms with E-state index >= 15 is 0 Å². The fraction of sp³-hybridized carbons (Fsp3) is 0.0714. The highest BCUT2D eigenvalue weighted by Crippen LogP contribution is 2.26. The van der Waals surface area contributed by atoms with Gasteiger partial charge in [-0.1, -0.05) is 12.1 Å². The number of hydrogen-bond acceptors (Lipinski definition) is 3. The van der Waals surface area contributed by atoms with Gasteiger partial charge >= 0.3 is 5.97 Å². The molecular formula is C14H11N3O2. The fourth-order valence-corrected chi connectivity index (χ4v) is 2.08. The van der Waals surface area contributed by atoms with Crippen LogP contribution < -0.4 is 0 Å². The number of aryl methyl sites for hydroxylation is 1. The molecule has 0 atom stereocenters. The molecule has 3 aromatic rings. The highest BCUT2D eigenvalue weighted by atomic mass is 16.4. The van der Waals surface area contributed by atoms with Gasteiger partial charge in [0.1, 0.15) is 0 Å². The van der Waals surface area contributed by atoms with Crippen molar-refractivity contribution in [1.82, 2.24) is 14.5 Å². The first-order valence-electron chi connectivity index (χ1n) is 5.76. The first-order chi connectivity index (χ1) is 9.16. The van der Waals surface area contributed by atoms with Crippen molar-refractivity contribution in [2.24, 2.45) is 7.05 Å². The zero-order valence-electron chi connectivity index (χ0n) is 10.2. The van der Waals surface area contributed by atoms with E-state index in [-0.39, 0.29) is 5.56 Å². The summed E-state index contributed by atoms with van der Waals surface area (Å²) in [5.74, 6) is -0.961. The lowest BCUT2D eigenvalue weighted by molar-refractivity contribution is 0.0697. The third-order valence-corrected chi connectivity index (χ3v) is 3.04. The minimum atomic E-state index is -0.961. The van der Waals surface area contributed by atoms with Crippen LogP contribution in [0.3, 0.4) is 0 Å². The monoisotopic (exact) mass is 253 g/mol. The minimum absolute atomic E-state index is 0.220. The highest BCUT2D eigenvalue weighted by molar-refractivity contribution is 5.93. The minimum Gasteiger partial charge on any atom is -0.478 e. The average molecular weight is 253 g/mol. The lowest BCUT2D eigenvalue weighted by Crippen LogP contribution is -1.97. The Morgan fingerprint density at radius 3 is 2.89 bits per heavy atom. The van der Waals surface area contributed by atoms with Crippen molar-refractivity contribution in [3.63, 3.8) is 0 Å². The standard InChI is InChI=1S/C14H11N3O2/c1-17-8-16-13-10(3-2-4-12(13)17)11-7-9(14(18)19)5-6-15-11/h2-8H,1H3,(H,18,19).